The van der Waals surface area contributed by atoms with Gasteiger partial charge in [-0.1, -0.05) is 6.08 Å². The summed E-state index contributed by atoms with van der Waals surface area (Å²) >= 11 is 3.38. The van der Waals surface area contributed by atoms with Crippen LogP contribution >= 0.6 is 12.6 Å². The Morgan fingerprint density at radius 1 is 1.56 bits per heavy atom. The summed E-state index contributed by atoms with van der Waals surface area (Å²) in [6.07, 6.45) is 2.22. The van der Waals surface area contributed by atoms with Crippen LogP contribution in [-0.4, -0.2) is 16.2 Å². The zero-order valence-corrected chi connectivity index (χ0v) is 5.47. The molecule has 0 heterocycles. The van der Waals surface area contributed by atoms with Crippen molar-refractivity contribution in [1.29, 1.82) is 0 Å². The molecule has 0 fully saturated rings. The average molecular weight is 146 g/mol. The summed E-state index contributed by atoms with van der Waals surface area (Å²) in [6.45, 7) is 0. The third-order valence-corrected chi connectivity index (χ3v) is 0.702. The van der Waals surface area contributed by atoms with Gasteiger partial charge in [-0.3, -0.25) is 9.59 Å². The van der Waals surface area contributed by atoms with Gasteiger partial charge in [0, 0.05) is 0 Å². The van der Waals surface area contributed by atoms with Gasteiger partial charge < -0.3 is 5.11 Å². The minimum Gasteiger partial charge on any atom is -0.481 e. The standard InChI is InChI=1S/C5H6O3S/c6-4(7)2-1-3-5(8)9/h1,3H,2H2,(H,6,7)(H,8,9)/b3-1+. The Labute approximate surface area is 57.8 Å². The molecule has 9 heavy (non-hydrogen) atoms. The highest BCUT2D eigenvalue weighted by molar-refractivity contribution is 7.97. The number of hydrogen-bond acceptors (Lipinski definition) is 2. The first-order chi connectivity index (χ1) is 4.13. The molecule has 1 N–H and O–H groups in total. The number of rotatable bonds is 3. The average Bonchev–Trinajstić information content (AvgIpc) is 1.63. The van der Waals surface area contributed by atoms with Crippen LogP contribution < -0.4 is 0 Å². The fraction of sp³-hybridized carbons (Fsp3) is 0.200. The van der Waals surface area contributed by atoms with Crippen molar-refractivity contribution in [3.63, 3.8) is 0 Å². The second kappa shape index (κ2) is 4.14. The van der Waals surface area contributed by atoms with Crippen molar-refractivity contribution < 1.29 is 14.7 Å². The number of carbonyl (C=O) groups excluding carboxylic acids is 1. The molecule has 0 saturated carbocycles. The number of carboxylic acids is 1. The monoisotopic (exact) mass is 146 g/mol. The third kappa shape index (κ3) is 7.23. The van der Waals surface area contributed by atoms with E-state index in [4.69, 9.17) is 5.11 Å². The van der Waals surface area contributed by atoms with E-state index in [1.54, 1.807) is 0 Å². The van der Waals surface area contributed by atoms with E-state index in [2.05, 4.69) is 12.6 Å². The smallest absolute Gasteiger partial charge is 0.307 e. The number of aliphatic carboxylic acids is 1. The zero-order chi connectivity index (χ0) is 7.28. The number of hydrogen-bond donors (Lipinski definition) is 2. The molecule has 0 radical (unpaired) electrons. The minimum atomic E-state index is -0.958. The highest BCUT2D eigenvalue weighted by Gasteiger charge is 1.89. The maximum atomic E-state index is 10.0. The van der Waals surface area contributed by atoms with Crippen LogP contribution in [0.15, 0.2) is 12.2 Å². The van der Waals surface area contributed by atoms with Crippen LogP contribution in [0.3, 0.4) is 0 Å². The van der Waals surface area contributed by atoms with Gasteiger partial charge in [-0.05, 0) is 6.08 Å². The van der Waals surface area contributed by atoms with Gasteiger partial charge in [0.1, 0.15) is 0 Å². The van der Waals surface area contributed by atoms with Gasteiger partial charge in [-0.15, -0.1) is 12.6 Å². The molecule has 4 heteroatoms. The lowest BCUT2D eigenvalue weighted by atomic mass is 10.4. The predicted octanol–water partition coefficient (Wildman–Crippen LogP) is 0.474. The molecule has 0 unspecified atom stereocenters. The maximum Gasteiger partial charge on any atom is 0.307 e. The van der Waals surface area contributed by atoms with Gasteiger partial charge in [-0.2, -0.15) is 0 Å². The molecule has 3 nitrogen and oxygen atoms in total. The first-order valence-corrected chi connectivity index (χ1v) is 2.69. The van der Waals surface area contributed by atoms with Gasteiger partial charge in [0.05, 0.1) is 6.42 Å². The number of carboxylic acid groups (broad SMARTS) is 1. The van der Waals surface area contributed by atoms with Gasteiger partial charge in [0.15, 0.2) is 0 Å². The van der Waals surface area contributed by atoms with E-state index in [0.717, 1.165) is 6.08 Å². The van der Waals surface area contributed by atoms with E-state index >= 15 is 0 Å². The summed E-state index contributed by atoms with van der Waals surface area (Å²) < 4.78 is 0. The van der Waals surface area contributed by atoms with Crippen LogP contribution in [0, 0.1) is 0 Å². The normalized spacial score (nSPS) is 9.89. The number of thiol groups is 1. The zero-order valence-electron chi connectivity index (χ0n) is 4.57. The van der Waals surface area contributed by atoms with Crippen molar-refractivity contribution in [3.8, 4) is 0 Å². The van der Waals surface area contributed by atoms with E-state index in [-0.39, 0.29) is 6.42 Å². The summed E-state index contributed by atoms with van der Waals surface area (Å²) in [6, 6.07) is 0. The molecule has 0 amide bonds. The van der Waals surface area contributed by atoms with Crippen molar-refractivity contribution >= 4 is 23.7 Å². The van der Waals surface area contributed by atoms with E-state index < -0.39 is 11.1 Å². The molecule has 0 spiro atoms. The lowest BCUT2D eigenvalue weighted by Gasteiger charge is -1.79. The Bertz CT molecular complexity index is 150. The SMILES string of the molecule is O=C(S)/C=C/CC(=O)O. The van der Waals surface area contributed by atoms with E-state index in [1.165, 1.54) is 6.08 Å². The van der Waals surface area contributed by atoms with Crippen molar-refractivity contribution in [2.75, 3.05) is 0 Å². The molecular formula is C5H6O3S. The quantitative estimate of drug-likeness (QED) is 0.449. The van der Waals surface area contributed by atoms with Crippen molar-refractivity contribution in [2.24, 2.45) is 0 Å². The molecule has 0 aromatic heterocycles. The molecule has 0 aromatic rings. The molecule has 0 aromatic carbocycles. The lowest BCUT2D eigenvalue weighted by Crippen LogP contribution is -1.90. The number of carbonyl (C=O) groups is 2. The lowest BCUT2D eigenvalue weighted by molar-refractivity contribution is -0.135. The van der Waals surface area contributed by atoms with Gasteiger partial charge >= 0.3 is 5.97 Å². The largest absolute Gasteiger partial charge is 0.481 e. The van der Waals surface area contributed by atoms with Crippen molar-refractivity contribution in [1.82, 2.24) is 0 Å². The Balaban J connectivity index is 3.48. The Morgan fingerprint density at radius 3 is 2.44 bits per heavy atom. The van der Waals surface area contributed by atoms with Gasteiger partial charge in [0.25, 0.3) is 0 Å². The third-order valence-electron chi connectivity index (χ3n) is 0.553. The minimum absolute atomic E-state index is 0.133. The first-order valence-electron chi connectivity index (χ1n) is 2.24. The Morgan fingerprint density at radius 2 is 2.11 bits per heavy atom. The summed E-state index contributed by atoms with van der Waals surface area (Å²) in [5, 5.41) is 7.60. The van der Waals surface area contributed by atoms with E-state index in [9.17, 15) is 9.59 Å². The summed E-state index contributed by atoms with van der Waals surface area (Å²) in [4.78, 5) is 19.8. The topological polar surface area (TPSA) is 54.4 Å². The van der Waals surface area contributed by atoms with Gasteiger partial charge in [-0.25, -0.2) is 0 Å². The van der Waals surface area contributed by atoms with Gasteiger partial charge in [0.2, 0.25) is 5.12 Å². The molecule has 0 aliphatic carbocycles. The van der Waals surface area contributed by atoms with Crippen LogP contribution in [0.5, 0.6) is 0 Å². The molecule has 0 rings (SSSR count). The second-order valence-corrected chi connectivity index (χ2v) is 1.78. The molecule has 0 bridgehead atoms. The summed E-state index contributed by atoms with van der Waals surface area (Å²) in [5.41, 5.74) is 0. The van der Waals surface area contributed by atoms with E-state index in [1.807, 2.05) is 0 Å². The van der Waals surface area contributed by atoms with Crippen LogP contribution in [0.2, 0.25) is 0 Å². The fourth-order valence-electron chi connectivity index (χ4n) is 0.261. The highest BCUT2D eigenvalue weighted by Crippen LogP contribution is 1.85. The highest BCUT2D eigenvalue weighted by atomic mass is 32.1. The van der Waals surface area contributed by atoms with Crippen LogP contribution in [0.1, 0.15) is 6.42 Å². The molecule has 50 valence electrons. The Kier molecular flexibility index (Phi) is 3.79. The van der Waals surface area contributed by atoms with Crippen LogP contribution in [0.25, 0.3) is 0 Å². The van der Waals surface area contributed by atoms with E-state index in [0.29, 0.717) is 0 Å². The molecular weight excluding hydrogens is 140 g/mol. The molecule has 0 aliphatic rings. The summed E-state index contributed by atoms with van der Waals surface area (Å²) in [5.74, 6) is -0.958. The maximum absolute atomic E-state index is 10.0. The van der Waals surface area contributed by atoms with Crippen molar-refractivity contribution in [2.45, 2.75) is 6.42 Å². The summed E-state index contributed by atoms with van der Waals surface area (Å²) in [7, 11) is 0. The van der Waals surface area contributed by atoms with Crippen LogP contribution in [0.4, 0.5) is 0 Å². The molecule has 0 aliphatic heterocycles. The molecule has 0 atom stereocenters. The Hall–Kier alpha value is -0.770. The molecule has 0 saturated heterocycles. The second-order valence-electron chi connectivity index (χ2n) is 1.34. The predicted molar refractivity (Wildman–Crippen MR) is 35.4 cm³/mol. The first kappa shape index (κ1) is 8.23. The van der Waals surface area contributed by atoms with Crippen LogP contribution in [-0.2, 0) is 9.59 Å². The fourth-order valence-corrected chi connectivity index (χ4v) is 0.366. The van der Waals surface area contributed by atoms with Crippen molar-refractivity contribution in [3.05, 3.63) is 12.2 Å².